The van der Waals surface area contributed by atoms with Crippen LogP contribution in [-0.4, -0.2) is 47.9 Å². The van der Waals surface area contributed by atoms with Crippen LogP contribution in [0.25, 0.3) is 0 Å². The van der Waals surface area contributed by atoms with Gasteiger partial charge in [-0.2, -0.15) is 0 Å². The van der Waals surface area contributed by atoms with Crippen molar-refractivity contribution in [3.8, 4) is 5.75 Å². The van der Waals surface area contributed by atoms with E-state index in [4.69, 9.17) is 4.74 Å². The molecule has 0 saturated heterocycles. The lowest BCUT2D eigenvalue weighted by Gasteiger charge is -2.31. The Morgan fingerprint density at radius 1 is 1.38 bits per heavy atom. The molecule has 1 aromatic rings. The Morgan fingerprint density at radius 2 is 2.19 bits per heavy atom. The highest BCUT2D eigenvalue weighted by Gasteiger charge is 2.32. The van der Waals surface area contributed by atoms with Crippen molar-refractivity contribution in [2.75, 3.05) is 26.3 Å². The highest BCUT2D eigenvalue weighted by molar-refractivity contribution is 5.33. The fraction of sp³-hybridized carbons (Fsp3) is 0.647. The molecule has 0 bridgehead atoms. The third kappa shape index (κ3) is 3.96. The van der Waals surface area contributed by atoms with E-state index in [0.717, 1.165) is 38.4 Å². The first-order valence-electron chi connectivity index (χ1n) is 8.00. The van der Waals surface area contributed by atoms with Crippen LogP contribution < -0.4 is 10.1 Å². The highest BCUT2D eigenvalue weighted by atomic mass is 16.5. The minimum Gasteiger partial charge on any atom is -0.492 e. The van der Waals surface area contributed by atoms with Crippen molar-refractivity contribution in [3.63, 3.8) is 0 Å². The van der Waals surface area contributed by atoms with Gasteiger partial charge in [0, 0.05) is 36.8 Å². The molecule has 1 saturated carbocycles. The van der Waals surface area contributed by atoms with E-state index in [9.17, 15) is 5.11 Å². The fourth-order valence-corrected chi connectivity index (χ4v) is 2.89. The summed E-state index contributed by atoms with van der Waals surface area (Å²) >= 11 is 0. The SMILES string of the molecule is CC(CO)(CCN1CCOc2ccccc2C1)NC1CC1. The summed E-state index contributed by atoms with van der Waals surface area (Å²) in [6.45, 7) is 5.93. The van der Waals surface area contributed by atoms with Crippen molar-refractivity contribution in [1.29, 1.82) is 0 Å². The molecular weight excluding hydrogens is 264 g/mol. The van der Waals surface area contributed by atoms with E-state index in [2.05, 4.69) is 29.3 Å². The molecular formula is C17H26N2O2. The van der Waals surface area contributed by atoms with Gasteiger partial charge < -0.3 is 15.2 Å². The lowest BCUT2D eigenvalue weighted by Crippen LogP contribution is -2.49. The van der Waals surface area contributed by atoms with Gasteiger partial charge in [-0.3, -0.25) is 4.90 Å². The molecule has 2 aliphatic rings. The maximum Gasteiger partial charge on any atom is 0.123 e. The summed E-state index contributed by atoms with van der Waals surface area (Å²) in [5.41, 5.74) is 1.10. The number of aliphatic hydroxyl groups excluding tert-OH is 1. The number of fused-ring (bicyclic) bond motifs is 1. The lowest BCUT2D eigenvalue weighted by atomic mass is 9.98. The predicted molar refractivity (Wildman–Crippen MR) is 83.5 cm³/mol. The number of nitrogens with one attached hydrogen (secondary N) is 1. The van der Waals surface area contributed by atoms with E-state index < -0.39 is 0 Å². The van der Waals surface area contributed by atoms with Crippen LogP contribution in [0.2, 0.25) is 0 Å². The molecule has 0 spiro atoms. The first-order chi connectivity index (χ1) is 10.2. The minimum absolute atomic E-state index is 0.159. The summed E-state index contributed by atoms with van der Waals surface area (Å²) in [5.74, 6) is 1.01. The first-order valence-corrected chi connectivity index (χ1v) is 8.00. The van der Waals surface area contributed by atoms with Crippen LogP contribution in [0.15, 0.2) is 24.3 Å². The van der Waals surface area contributed by atoms with Gasteiger partial charge in [0.15, 0.2) is 0 Å². The standard InChI is InChI=1S/C17H26N2O2/c1-17(13-20,18-15-6-7-15)8-9-19-10-11-21-16-5-3-2-4-14(16)12-19/h2-5,15,18,20H,6-13H2,1H3. The number of aliphatic hydroxyl groups is 1. The van der Waals surface area contributed by atoms with Gasteiger partial charge in [-0.05, 0) is 32.3 Å². The van der Waals surface area contributed by atoms with E-state index in [-0.39, 0.29) is 12.1 Å². The maximum absolute atomic E-state index is 9.70. The van der Waals surface area contributed by atoms with Gasteiger partial charge in [0.25, 0.3) is 0 Å². The molecule has 0 amide bonds. The van der Waals surface area contributed by atoms with E-state index in [1.807, 2.05) is 12.1 Å². The quantitative estimate of drug-likeness (QED) is 0.838. The normalized spacial score (nSPS) is 22.0. The van der Waals surface area contributed by atoms with Gasteiger partial charge in [0.05, 0.1) is 6.61 Å². The smallest absolute Gasteiger partial charge is 0.123 e. The van der Waals surface area contributed by atoms with Crippen LogP contribution in [0.5, 0.6) is 5.75 Å². The molecule has 1 aromatic carbocycles. The largest absolute Gasteiger partial charge is 0.492 e. The van der Waals surface area contributed by atoms with Gasteiger partial charge in [0.2, 0.25) is 0 Å². The molecule has 4 heteroatoms. The zero-order valence-corrected chi connectivity index (χ0v) is 12.8. The summed E-state index contributed by atoms with van der Waals surface area (Å²) in [4.78, 5) is 2.42. The number of para-hydroxylation sites is 1. The summed E-state index contributed by atoms with van der Waals surface area (Å²) in [6.07, 6.45) is 3.46. The van der Waals surface area contributed by atoms with Crippen LogP contribution in [0.3, 0.4) is 0 Å². The van der Waals surface area contributed by atoms with Crippen molar-refractivity contribution >= 4 is 0 Å². The van der Waals surface area contributed by atoms with E-state index in [0.29, 0.717) is 6.04 Å². The van der Waals surface area contributed by atoms with Crippen LogP contribution in [-0.2, 0) is 6.54 Å². The maximum atomic E-state index is 9.70. The van der Waals surface area contributed by atoms with Crippen molar-refractivity contribution < 1.29 is 9.84 Å². The van der Waals surface area contributed by atoms with Crippen LogP contribution in [0.4, 0.5) is 0 Å². The molecule has 1 fully saturated rings. The Kier molecular flexibility index (Phi) is 4.48. The Bertz CT molecular complexity index is 476. The Morgan fingerprint density at radius 3 is 2.95 bits per heavy atom. The molecule has 1 atom stereocenters. The average molecular weight is 290 g/mol. The second kappa shape index (κ2) is 6.34. The fourth-order valence-electron chi connectivity index (χ4n) is 2.89. The zero-order chi connectivity index (χ0) is 14.7. The number of ether oxygens (including phenoxy) is 1. The molecule has 21 heavy (non-hydrogen) atoms. The second-order valence-corrected chi connectivity index (χ2v) is 6.62. The zero-order valence-electron chi connectivity index (χ0n) is 12.8. The molecule has 1 aliphatic heterocycles. The van der Waals surface area contributed by atoms with Crippen molar-refractivity contribution in [2.45, 2.75) is 44.3 Å². The third-order valence-electron chi connectivity index (χ3n) is 4.49. The number of rotatable bonds is 6. The van der Waals surface area contributed by atoms with Gasteiger partial charge in [-0.1, -0.05) is 18.2 Å². The number of benzene rings is 1. The van der Waals surface area contributed by atoms with Crippen LogP contribution >= 0.6 is 0 Å². The number of hydrogen-bond donors (Lipinski definition) is 2. The van der Waals surface area contributed by atoms with Crippen LogP contribution in [0.1, 0.15) is 31.7 Å². The number of hydrogen-bond acceptors (Lipinski definition) is 4. The Balaban J connectivity index is 1.57. The highest BCUT2D eigenvalue weighted by Crippen LogP contribution is 2.25. The summed E-state index contributed by atoms with van der Waals surface area (Å²) < 4.78 is 5.80. The topological polar surface area (TPSA) is 44.7 Å². The summed E-state index contributed by atoms with van der Waals surface area (Å²) in [5, 5.41) is 13.3. The summed E-state index contributed by atoms with van der Waals surface area (Å²) in [7, 11) is 0. The first kappa shape index (κ1) is 14.8. The minimum atomic E-state index is -0.159. The summed E-state index contributed by atoms with van der Waals surface area (Å²) in [6, 6.07) is 8.90. The molecule has 1 unspecified atom stereocenters. The van der Waals surface area contributed by atoms with Gasteiger partial charge in [-0.25, -0.2) is 0 Å². The molecule has 1 heterocycles. The average Bonchev–Trinajstić information content (AvgIpc) is 3.31. The van der Waals surface area contributed by atoms with Gasteiger partial charge >= 0.3 is 0 Å². The van der Waals surface area contributed by atoms with Crippen molar-refractivity contribution in [2.24, 2.45) is 0 Å². The molecule has 0 aromatic heterocycles. The monoisotopic (exact) mass is 290 g/mol. The van der Waals surface area contributed by atoms with Gasteiger partial charge in [-0.15, -0.1) is 0 Å². The van der Waals surface area contributed by atoms with E-state index in [1.54, 1.807) is 0 Å². The second-order valence-electron chi connectivity index (χ2n) is 6.62. The molecule has 116 valence electrons. The third-order valence-corrected chi connectivity index (χ3v) is 4.49. The Hall–Kier alpha value is -1.10. The van der Waals surface area contributed by atoms with Crippen molar-refractivity contribution in [3.05, 3.63) is 29.8 Å². The van der Waals surface area contributed by atoms with E-state index in [1.165, 1.54) is 18.4 Å². The van der Waals surface area contributed by atoms with Crippen LogP contribution in [0, 0.1) is 0 Å². The van der Waals surface area contributed by atoms with E-state index >= 15 is 0 Å². The van der Waals surface area contributed by atoms with Crippen molar-refractivity contribution in [1.82, 2.24) is 10.2 Å². The number of nitrogens with zero attached hydrogens (tertiary/aromatic N) is 1. The molecule has 3 rings (SSSR count). The van der Waals surface area contributed by atoms with Gasteiger partial charge in [0.1, 0.15) is 12.4 Å². The molecule has 4 nitrogen and oxygen atoms in total. The molecule has 2 N–H and O–H groups in total. The Labute approximate surface area is 127 Å². The molecule has 0 radical (unpaired) electrons. The molecule has 1 aliphatic carbocycles. The lowest BCUT2D eigenvalue weighted by molar-refractivity contribution is 0.138. The predicted octanol–water partition coefficient (Wildman–Crippen LogP) is 1.77.